The Morgan fingerprint density at radius 3 is 2.86 bits per heavy atom. The van der Waals surface area contributed by atoms with E-state index in [9.17, 15) is 4.79 Å². The van der Waals surface area contributed by atoms with E-state index in [1.165, 1.54) is 0 Å². The molecule has 0 unspecified atom stereocenters. The molecule has 0 aliphatic carbocycles. The van der Waals surface area contributed by atoms with Gasteiger partial charge in [0.05, 0.1) is 23.0 Å². The molecular weight excluding hydrogens is 396 g/mol. The molecule has 150 valence electrons. The molecule has 3 fully saturated rings. The number of nitrogens with one attached hydrogen (secondary N) is 2. The van der Waals surface area contributed by atoms with Gasteiger partial charge in [0.15, 0.2) is 0 Å². The smallest absolute Gasteiger partial charge is 0.240 e. The van der Waals surface area contributed by atoms with Crippen molar-refractivity contribution in [2.24, 2.45) is 0 Å². The molecule has 0 bridgehead atoms. The van der Waals surface area contributed by atoms with Crippen molar-refractivity contribution >= 4 is 46.3 Å². The summed E-state index contributed by atoms with van der Waals surface area (Å²) < 4.78 is 0. The van der Waals surface area contributed by atoms with Crippen LogP contribution >= 0.6 is 23.4 Å². The molecule has 2 N–H and O–H groups in total. The van der Waals surface area contributed by atoms with Gasteiger partial charge in [-0.05, 0) is 24.6 Å². The summed E-state index contributed by atoms with van der Waals surface area (Å²) in [7, 11) is 0. The maximum atomic E-state index is 12.6. The Kier molecular flexibility index (Phi) is 5.13. The fourth-order valence-corrected chi connectivity index (χ4v) is 5.54. The van der Waals surface area contributed by atoms with Gasteiger partial charge < -0.3 is 20.1 Å². The standard InChI is InChI=1S/C19H25ClN6OS/c20-13-1-2-15-16(9-13)23-19(22-15)25-5-3-24(4-6-25)14-10-17(21-11-14)18(27)26-7-8-28-12-26/h1-2,9,14,17,21H,3-8,10-12H2,(H,22,23)/t14-,17-/m0/s1. The minimum atomic E-state index is -0.0122. The lowest BCUT2D eigenvalue weighted by atomic mass is 10.1. The predicted molar refractivity (Wildman–Crippen MR) is 114 cm³/mol. The number of halogens is 1. The van der Waals surface area contributed by atoms with Crippen LogP contribution in [-0.2, 0) is 4.79 Å². The molecule has 7 nitrogen and oxygen atoms in total. The maximum absolute atomic E-state index is 12.6. The van der Waals surface area contributed by atoms with E-state index in [1.54, 1.807) is 0 Å². The van der Waals surface area contributed by atoms with E-state index in [-0.39, 0.29) is 11.9 Å². The van der Waals surface area contributed by atoms with E-state index in [0.717, 1.165) is 79.3 Å². The van der Waals surface area contributed by atoms with Crippen LogP contribution in [0.2, 0.25) is 5.02 Å². The third-order valence-corrected chi connectivity index (χ3v) is 7.23. The monoisotopic (exact) mass is 420 g/mol. The lowest BCUT2D eigenvalue weighted by molar-refractivity contribution is -0.131. The summed E-state index contributed by atoms with van der Waals surface area (Å²) in [6.45, 7) is 5.65. The average molecular weight is 421 g/mol. The number of anilines is 1. The first-order valence-electron chi connectivity index (χ1n) is 9.91. The Morgan fingerprint density at radius 1 is 1.21 bits per heavy atom. The second-order valence-electron chi connectivity index (χ2n) is 7.73. The molecule has 1 aromatic carbocycles. The zero-order chi connectivity index (χ0) is 19.1. The molecule has 5 rings (SSSR count). The minimum Gasteiger partial charge on any atom is -0.340 e. The third kappa shape index (κ3) is 3.58. The van der Waals surface area contributed by atoms with Crippen LogP contribution in [0.25, 0.3) is 11.0 Å². The zero-order valence-electron chi connectivity index (χ0n) is 15.7. The van der Waals surface area contributed by atoms with Gasteiger partial charge in [-0.3, -0.25) is 9.69 Å². The number of nitrogens with zero attached hydrogens (tertiary/aromatic N) is 4. The summed E-state index contributed by atoms with van der Waals surface area (Å²) in [5.41, 5.74) is 1.93. The van der Waals surface area contributed by atoms with Crippen molar-refractivity contribution in [2.45, 2.75) is 18.5 Å². The molecule has 3 aliphatic heterocycles. The first kappa shape index (κ1) is 18.5. The topological polar surface area (TPSA) is 67.5 Å². The molecule has 9 heteroatoms. The van der Waals surface area contributed by atoms with Crippen molar-refractivity contribution in [3.63, 3.8) is 0 Å². The quantitative estimate of drug-likeness (QED) is 0.786. The van der Waals surface area contributed by atoms with E-state index >= 15 is 0 Å². The van der Waals surface area contributed by atoms with Crippen molar-refractivity contribution < 1.29 is 4.79 Å². The van der Waals surface area contributed by atoms with E-state index in [0.29, 0.717) is 6.04 Å². The minimum absolute atomic E-state index is 0.0122. The van der Waals surface area contributed by atoms with Crippen LogP contribution in [0.5, 0.6) is 0 Å². The number of carbonyl (C=O) groups is 1. The van der Waals surface area contributed by atoms with Crippen molar-refractivity contribution in [3.05, 3.63) is 23.2 Å². The molecule has 28 heavy (non-hydrogen) atoms. The number of imidazole rings is 1. The van der Waals surface area contributed by atoms with Gasteiger partial charge in [-0.1, -0.05) is 11.6 Å². The van der Waals surface area contributed by atoms with Gasteiger partial charge in [0.2, 0.25) is 11.9 Å². The van der Waals surface area contributed by atoms with Crippen LogP contribution in [0.3, 0.4) is 0 Å². The number of thioether (sulfide) groups is 1. The van der Waals surface area contributed by atoms with Crippen LogP contribution in [0, 0.1) is 0 Å². The number of carbonyl (C=O) groups excluding carboxylic acids is 1. The normalized spacial score (nSPS) is 26.5. The molecule has 0 saturated carbocycles. The van der Waals surface area contributed by atoms with Crippen LogP contribution in [-0.4, -0.2) is 88.7 Å². The number of fused-ring (bicyclic) bond motifs is 1. The molecular formula is C19H25ClN6OS. The Labute approximate surface area is 173 Å². The van der Waals surface area contributed by atoms with Gasteiger partial charge in [-0.15, -0.1) is 11.8 Å². The highest BCUT2D eigenvalue weighted by Crippen LogP contribution is 2.24. The molecule has 1 amide bonds. The number of H-pyrrole nitrogens is 1. The Hall–Kier alpha value is -1.48. The highest BCUT2D eigenvalue weighted by atomic mass is 35.5. The molecule has 1 aromatic heterocycles. The van der Waals surface area contributed by atoms with Crippen LogP contribution in [0.15, 0.2) is 18.2 Å². The number of amides is 1. The van der Waals surface area contributed by atoms with Crippen LogP contribution in [0.4, 0.5) is 5.95 Å². The first-order valence-corrected chi connectivity index (χ1v) is 11.4. The lowest BCUT2D eigenvalue weighted by Gasteiger charge is -2.37. The first-order chi connectivity index (χ1) is 13.7. The van der Waals surface area contributed by atoms with E-state index in [4.69, 9.17) is 16.6 Å². The fraction of sp³-hybridized carbons (Fsp3) is 0.579. The van der Waals surface area contributed by atoms with Gasteiger partial charge in [0, 0.05) is 56.1 Å². The Balaban J connectivity index is 1.17. The van der Waals surface area contributed by atoms with Gasteiger partial charge in [-0.25, -0.2) is 4.98 Å². The van der Waals surface area contributed by atoms with Crippen molar-refractivity contribution in [1.29, 1.82) is 0 Å². The summed E-state index contributed by atoms with van der Waals surface area (Å²) >= 11 is 7.92. The summed E-state index contributed by atoms with van der Waals surface area (Å²) in [4.78, 5) is 27.5. The third-order valence-electron chi connectivity index (χ3n) is 6.03. The number of hydrogen-bond donors (Lipinski definition) is 2. The molecule has 4 heterocycles. The Morgan fingerprint density at radius 2 is 2.07 bits per heavy atom. The summed E-state index contributed by atoms with van der Waals surface area (Å²) in [6, 6.07) is 6.18. The summed E-state index contributed by atoms with van der Waals surface area (Å²) in [6.07, 6.45) is 0.920. The molecule has 0 radical (unpaired) electrons. The second kappa shape index (κ2) is 7.74. The molecule has 2 aromatic rings. The van der Waals surface area contributed by atoms with Crippen LogP contribution in [0.1, 0.15) is 6.42 Å². The number of aromatic nitrogens is 2. The molecule has 0 spiro atoms. The molecule has 3 saturated heterocycles. The van der Waals surface area contributed by atoms with E-state index < -0.39 is 0 Å². The Bertz CT molecular complexity index is 861. The van der Waals surface area contributed by atoms with Gasteiger partial charge >= 0.3 is 0 Å². The largest absolute Gasteiger partial charge is 0.340 e. The highest BCUT2D eigenvalue weighted by molar-refractivity contribution is 7.99. The second-order valence-corrected chi connectivity index (χ2v) is 9.25. The number of hydrogen-bond acceptors (Lipinski definition) is 6. The number of piperazine rings is 1. The molecule has 3 aliphatic rings. The van der Waals surface area contributed by atoms with Gasteiger partial charge in [0.25, 0.3) is 0 Å². The summed E-state index contributed by atoms with van der Waals surface area (Å²) in [5, 5.41) is 4.18. The van der Waals surface area contributed by atoms with Crippen molar-refractivity contribution in [3.8, 4) is 0 Å². The summed E-state index contributed by atoms with van der Waals surface area (Å²) in [5.74, 6) is 3.12. The predicted octanol–water partition coefficient (Wildman–Crippen LogP) is 1.60. The number of aromatic amines is 1. The van der Waals surface area contributed by atoms with Crippen molar-refractivity contribution in [1.82, 2.24) is 25.1 Å². The maximum Gasteiger partial charge on any atom is 0.240 e. The molecule has 2 atom stereocenters. The van der Waals surface area contributed by atoms with Gasteiger partial charge in [-0.2, -0.15) is 0 Å². The van der Waals surface area contributed by atoms with Gasteiger partial charge in [0.1, 0.15) is 0 Å². The fourth-order valence-electron chi connectivity index (χ4n) is 4.41. The van der Waals surface area contributed by atoms with Crippen molar-refractivity contribution in [2.75, 3.05) is 55.8 Å². The number of rotatable bonds is 3. The van der Waals surface area contributed by atoms with Crippen LogP contribution < -0.4 is 10.2 Å². The number of benzene rings is 1. The van der Waals surface area contributed by atoms with E-state index in [2.05, 4.69) is 20.1 Å². The van der Waals surface area contributed by atoms with E-state index in [1.807, 2.05) is 34.9 Å². The zero-order valence-corrected chi connectivity index (χ0v) is 17.3. The highest BCUT2D eigenvalue weighted by Gasteiger charge is 2.36. The lowest BCUT2D eigenvalue weighted by Crippen LogP contribution is -2.51. The average Bonchev–Trinajstić information content (AvgIpc) is 3.47. The SMILES string of the molecule is O=C([C@@H]1C[C@H](N2CCN(c3nc4ccc(Cl)cc4[nH]3)CC2)CN1)N1CCSC1.